The molecule has 1 saturated carbocycles. The number of hydrogen-bond acceptors (Lipinski definition) is 5. The zero-order chi connectivity index (χ0) is 14.7. The monoisotopic (exact) mass is 279 g/mol. The molecule has 1 fully saturated rings. The van der Waals surface area contributed by atoms with Crippen LogP contribution in [0, 0.1) is 10.1 Å². The maximum absolute atomic E-state index is 12.1. The predicted octanol–water partition coefficient (Wildman–Crippen LogP) is 1.21. The first-order chi connectivity index (χ1) is 9.50. The van der Waals surface area contributed by atoms with Gasteiger partial charge in [-0.05, 0) is 18.9 Å². The molecule has 4 N–H and O–H groups in total. The lowest BCUT2D eigenvalue weighted by atomic mass is 9.92. The van der Waals surface area contributed by atoms with Crippen LogP contribution in [0.1, 0.15) is 36.0 Å². The minimum absolute atomic E-state index is 0.0666. The van der Waals surface area contributed by atoms with Gasteiger partial charge in [0.2, 0.25) is 0 Å². The predicted molar refractivity (Wildman–Crippen MR) is 73.2 cm³/mol. The van der Waals surface area contributed by atoms with Gasteiger partial charge in [-0.3, -0.25) is 14.9 Å². The van der Waals surface area contributed by atoms with Gasteiger partial charge in [0.05, 0.1) is 22.6 Å². The summed E-state index contributed by atoms with van der Waals surface area (Å²) < 4.78 is 0. The second-order valence-corrected chi connectivity index (χ2v) is 4.93. The van der Waals surface area contributed by atoms with Crippen molar-refractivity contribution < 1.29 is 14.8 Å². The number of anilines is 1. The third-order valence-corrected chi connectivity index (χ3v) is 3.57. The molecule has 20 heavy (non-hydrogen) atoms. The molecule has 0 heterocycles. The Hall–Kier alpha value is -2.15. The van der Waals surface area contributed by atoms with E-state index in [0.29, 0.717) is 12.8 Å². The molecule has 2 atom stereocenters. The van der Waals surface area contributed by atoms with Gasteiger partial charge in [-0.15, -0.1) is 0 Å². The summed E-state index contributed by atoms with van der Waals surface area (Å²) >= 11 is 0. The van der Waals surface area contributed by atoms with E-state index in [4.69, 9.17) is 5.73 Å². The number of aliphatic hydroxyl groups excluding tert-OH is 1. The summed E-state index contributed by atoms with van der Waals surface area (Å²) in [7, 11) is 0. The molecule has 1 aliphatic rings. The largest absolute Gasteiger partial charge is 0.393 e. The average molecular weight is 279 g/mol. The highest BCUT2D eigenvalue weighted by atomic mass is 16.6. The SMILES string of the molecule is Nc1c(C(=O)NC2CCCCC2O)cccc1[N+](=O)[O-]. The van der Waals surface area contributed by atoms with Crippen molar-refractivity contribution in [1.29, 1.82) is 0 Å². The lowest BCUT2D eigenvalue weighted by molar-refractivity contribution is -0.383. The van der Waals surface area contributed by atoms with Gasteiger partial charge in [0.25, 0.3) is 11.6 Å². The Bertz CT molecular complexity index is 532. The first kappa shape index (κ1) is 14.3. The van der Waals surface area contributed by atoms with E-state index in [1.165, 1.54) is 18.2 Å². The zero-order valence-corrected chi connectivity index (χ0v) is 10.9. The lowest BCUT2D eigenvalue weighted by Crippen LogP contribution is -2.45. The highest BCUT2D eigenvalue weighted by Gasteiger charge is 2.26. The summed E-state index contributed by atoms with van der Waals surface area (Å²) in [6, 6.07) is 3.78. The van der Waals surface area contributed by atoms with Crippen molar-refractivity contribution >= 4 is 17.3 Å². The van der Waals surface area contributed by atoms with Gasteiger partial charge in [0.15, 0.2) is 0 Å². The fraction of sp³-hybridized carbons (Fsp3) is 0.462. The Balaban J connectivity index is 2.17. The van der Waals surface area contributed by atoms with Crippen LogP contribution in [0.5, 0.6) is 0 Å². The van der Waals surface area contributed by atoms with Crippen molar-refractivity contribution in [2.75, 3.05) is 5.73 Å². The second-order valence-electron chi connectivity index (χ2n) is 4.93. The molecule has 2 rings (SSSR count). The van der Waals surface area contributed by atoms with Crippen LogP contribution in [-0.4, -0.2) is 28.1 Å². The van der Waals surface area contributed by atoms with Crippen molar-refractivity contribution in [3.8, 4) is 0 Å². The number of hydrogen-bond donors (Lipinski definition) is 3. The smallest absolute Gasteiger partial charge is 0.292 e. The molecular formula is C13H17N3O4. The molecule has 1 aliphatic carbocycles. The number of nitro benzene ring substituents is 1. The summed E-state index contributed by atoms with van der Waals surface area (Å²) in [5.74, 6) is -0.489. The van der Waals surface area contributed by atoms with Crippen LogP contribution in [0.15, 0.2) is 18.2 Å². The zero-order valence-electron chi connectivity index (χ0n) is 10.9. The van der Waals surface area contributed by atoms with E-state index in [1.54, 1.807) is 0 Å². The highest BCUT2D eigenvalue weighted by Crippen LogP contribution is 2.25. The van der Waals surface area contributed by atoms with E-state index in [1.807, 2.05) is 0 Å². The van der Waals surface area contributed by atoms with Crippen LogP contribution in [0.25, 0.3) is 0 Å². The van der Waals surface area contributed by atoms with Gasteiger partial charge in [0.1, 0.15) is 5.69 Å². The lowest BCUT2D eigenvalue weighted by Gasteiger charge is -2.28. The van der Waals surface area contributed by atoms with E-state index in [9.17, 15) is 20.0 Å². The maximum Gasteiger partial charge on any atom is 0.292 e. The van der Waals surface area contributed by atoms with Crippen LogP contribution in [0.3, 0.4) is 0 Å². The van der Waals surface area contributed by atoms with Gasteiger partial charge in [-0.2, -0.15) is 0 Å². The number of para-hydroxylation sites is 1. The molecule has 108 valence electrons. The van der Waals surface area contributed by atoms with Crippen LogP contribution in [0.2, 0.25) is 0 Å². The van der Waals surface area contributed by atoms with E-state index in [-0.39, 0.29) is 23.0 Å². The molecule has 2 unspecified atom stereocenters. The van der Waals surface area contributed by atoms with E-state index in [2.05, 4.69) is 5.32 Å². The minimum Gasteiger partial charge on any atom is -0.393 e. The number of nitrogens with zero attached hydrogens (tertiary/aromatic N) is 1. The van der Waals surface area contributed by atoms with Crippen LogP contribution >= 0.6 is 0 Å². The third-order valence-electron chi connectivity index (χ3n) is 3.57. The van der Waals surface area contributed by atoms with E-state index < -0.39 is 16.9 Å². The van der Waals surface area contributed by atoms with Crippen LogP contribution in [-0.2, 0) is 0 Å². The molecule has 0 aromatic heterocycles. The van der Waals surface area contributed by atoms with Gasteiger partial charge in [0, 0.05) is 6.07 Å². The van der Waals surface area contributed by atoms with Crippen molar-refractivity contribution in [3.63, 3.8) is 0 Å². The highest BCUT2D eigenvalue weighted by molar-refractivity contribution is 6.01. The van der Waals surface area contributed by atoms with Gasteiger partial charge in [-0.1, -0.05) is 18.9 Å². The number of rotatable bonds is 3. The average Bonchev–Trinajstić information content (AvgIpc) is 2.41. The number of carbonyl (C=O) groups is 1. The number of nitrogens with one attached hydrogen (secondary N) is 1. The standard InChI is InChI=1S/C13H17N3O4/c14-12-8(4-3-6-10(12)16(19)20)13(18)15-9-5-1-2-7-11(9)17/h3-4,6,9,11,17H,1-2,5,7,14H2,(H,15,18). The first-order valence-corrected chi connectivity index (χ1v) is 6.52. The number of nitrogen functional groups attached to an aromatic ring is 1. The number of benzene rings is 1. The number of nitro groups is 1. The van der Waals surface area contributed by atoms with Gasteiger partial charge >= 0.3 is 0 Å². The summed E-state index contributed by atoms with van der Waals surface area (Å²) in [5, 5.41) is 23.3. The molecule has 7 heteroatoms. The molecule has 0 saturated heterocycles. The van der Waals surface area contributed by atoms with Crippen molar-refractivity contribution in [3.05, 3.63) is 33.9 Å². The quantitative estimate of drug-likeness (QED) is 0.436. The summed E-state index contributed by atoms with van der Waals surface area (Å²) in [6.07, 6.45) is 2.64. The van der Waals surface area contributed by atoms with E-state index >= 15 is 0 Å². The molecule has 0 spiro atoms. The normalized spacial score (nSPS) is 22.2. The Morgan fingerprint density at radius 2 is 2.10 bits per heavy atom. The number of nitrogens with two attached hydrogens (primary N) is 1. The number of aliphatic hydroxyl groups is 1. The summed E-state index contributed by atoms with van der Waals surface area (Å²) in [6.45, 7) is 0. The van der Waals surface area contributed by atoms with Crippen molar-refractivity contribution in [2.45, 2.75) is 37.8 Å². The third kappa shape index (κ3) is 2.88. The molecule has 1 amide bonds. The fourth-order valence-electron chi connectivity index (χ4n) is 2.44. The summed E-state index contributed by atoms with van der Waals surface area (Å²) in [4.78, 5) is 22.3. The molecule has 1 aromatic rings. The molecular weight excluding hydrogens is 262 g/mol. The Labute approximate surface area is 115 Å². The second kappa shape index (κ2) is 5.87. The first-order valence-electron chi connectivity index (χ1n) is 6.52. The van der Waals surface area contributed by atoms with E-state index in [0.717, 1.165) is 12.8 Å². The van der Waals surface area contributed by atoms with Crippen molar-refractivity contribution in [1.82, 2.24) is 5.32 Å². The topological polar surface area (TPSA) is 118 Å². The molecule has 0 radical (unpaired) electrons. The minimum atomic E-state index is -0.623. The van der Waals surface area contributed by atoms with Crippen LogP contribution in [0.4, 0.5) is 11.4 Å². The molecule has 7 nitrogen and oxygen atoms in total. The summed E-state index contributed by atoms with van der Waals surface area (Å²) in [5.41, 5.74) is 5.28. The Morgan fingerprint density at radius 3 is 2.75 bits per heavy atom. The molecule has 0 bridgehead atoms. The Kier molecular flexibility index (Phi) is 4.19. The number of amides is 1. The fourth-order valence-corrected chi connectivity index (χ4v) is 2.44. The van der Waals surface area contributed by atoms with Crippen molar-refractivity contribution in [2.24, 2.45) is 0 Å². The van der Waals surface area contributed by atoms with Gasteiger partial charge < -0.3 is 16.2 Å². The Morgan fingerprint density at radius 1 is 1.40 bits per heavy atom. The van der Waals surface area contributed by atoms with Crippen LogP contribution < -0.4 is 11.1 Å². The number of carbonyl (C=O) groups excluding carboxylic acids is 1. The maximum atomic E-state index is 12.1. The molecule has 1 aromatic carbocycles. The molecule has 0 aliphatic heterocycles. The van der Waals surface area contributed by atoms with Gasteiger partial charge in [-0.25, -0.2) is 0 Å².